The van der Waals surface area contributed by atoms with Crippen molar-refractivity contribution in [2.45, 2.75) is 46.3 Å². The van der Waals surface area contributed by atoms with Gasteiger partial charge in [-0.15, -0.1) is 0 Å². The molecule has 4 heteroatoms. The second-order valence-corrected chi connectivity index (χ2v) is 6.71. The largest absolute Gasteiger partial charge is 0.390 e. The summed E-state index contributed by atoms with van der Waals surface area (Å²) in [5.41, 5.74) is 0.591. The molecule has 2 atom stereocenters. The van der Waals surface area contributed by atoms with Crippen LogP contribution in [0.5, 0.6) is 0 Å². The van der Waals surface area contributed by atoms with Crippen molar-refractivity contribution in [3.8, 4) is 0 Å². The van der Waals surface area contributed by atoms with E-state index in [-0.39, 0.29) is 17.3 Å². The summed E-state index contributed by atoms with van der Waals surface area (Å²) in [4.78, 5) is 0. The van der Waals surface area contributed by atoms with Crippen molar-refractivity contribution >= 4 is 15.9 Å². The molecule has 0 saturated heterocycles. The van der Waals surface area contributed by atoms with Gasteiger partial charge in [-0.2, -0.15) is 0 Å². The van der Waals surface area contributed by atoms with Crippen molar-refractivity contribution in [1.29, 1.82) is 0 Å². The van der Waals surface area contributed by atoms with Gasteiger partial charge < -0.3 is 9.84 Å². The van der Waals surface area contributed by atoms with Gasteiger partial charge in [0.2, 0.25) is 0 Å². The Bertz CT molecular complexity index is 395. The maximum atomic E-state index is 13.3. The molecule has 1 aromatic rings. The van der Waals surface area contributed by atoms with E-state index in [1.54, 1.807) is 0 Å². The van der Waals surface area contributed by atoms with E-state index in [4.69, 9.17) is 4.74 Å². The molecular formula is C15H22BrFO2. The molecule has 0 bridgehead atoms. The van der Waals surface area contributed by atoms with E-state index in [0.717, 1.165) is 5.56 Å². The molecule has 0 fully saturated rings. The van der Waals surface area contributed by atoms with E-state index in [1.165, 1.54) is 12.1 Å². The Kier molecular flexibility index (Phi) is 5.96. The minimum atomic E-state index is -0.659. The van der Waals surface area contributed by atoms with Gasteiger partial charge in [-0.25, -0.2) is 4.39 Å². The first-order valence-corrected chi connectivity index (χ1v) is 7.28. The van der Waals surface area contributed by atoms with Crippen molar-refractivity contribution in [1.82, 2.24) is 0 Å². The molecule has 2 unspecified atom stereocenters. The van der Waals surface area contributed by atoms with Gasteiger partial charge in [0.25, 0.3) is 0 Å². The predicted octanol–water partition coefficient (Wildman–Crippen LogP) is 3.94. The summed E-state index contributed by atoms with van der Waals surface area (Å²) >= 11 is 3.26. The minimum absolute atomic E-state index is 0.167. The summed E-state index contributed by atoms with van der Waals surface area (Å²) in [6, 6.07) is 4.66. The highest BCUT2D eigenvalue weighted by atomic mass is 79.9. The normalized spacial score (nSPS) is 15.3. The third-order valence-corrected chi connectivity index (χ3v) is 3.37. The number of halogens is 2. The van der Waals surface area contributed by atoms with Crippen LogP contribution in [0.4, 0.5) is 4.39 Å². The van der Waals surface area contributed by atoms with Gasteiger partial charge in [0.1, 0.15) is 5.82 Å². The Balaban J connectivity index is 2.84. The van der Waals surface area contributed by atoms with Gasteiger partial charge in [0, 0.05) is 17.5 Å². The number of ether oxygens (including phenoxy) is 1. The fraction of sp³-hybridized carbons (Fsp3) is 0.600. The van der Waals surface area contributed by atoms with Crippen LogP contribution in [-0.2, 0) is 11.2 Å². The SMILES string of the molecule is CCOC(C(O)Cc1cc(F)cc(Br)c1)C(C)(C)C. The van der Waals surface area contributed by atoms with Gasteiger partial charge in [-0.3, -0.25) is 0 Å². The Morgan fingerprint density at radius 3 is 2.42 bits per heavy atom. The lowest BCUT2D eigenvalue weighted by Gasteiger charge is -2.34. The first-order valence-electron chi connectivity index (χ1n) is 6.48. The zero-order chi connectivity index (χ0) is 14.6. The quantitative estimate of drug-likeness (QED) is 0.884. The lowest BCUT2D eigenvalue weighted by molar-refractivity contribution is -0.0873. The summed E-state index contributed by atoms with van der Waals surface area (Å²) in [5.74, 6) is -0.305. The highest BCUT2D eigenvalue weighted by Gasteiger charge is 2.31. The molecule has 1 rings (SSSR count). The van der Waals surface area contributed by atoms with Crippen LogP contribution < -0.4 is 0 Å². The third kappa shape index (κ3) is 5.21. The zero-order valence-electron chi connectivity index (χ0n) is 11.9. The van der Waals surface area contributed by atoms with Crippen LogP contribution in [0, 0.1) is 11.2 Å². The number of hydrogen-bond donors (Lipinski definition) is 1. The van der Waals surface area contributed by atoms with Crippen LogP contribution in [0.15, 0.2) is 22.7 Å². The topological polar surface area (TPSA) is 29.5 Å². The van der Waals surface area contributed by atoms with Gasteiger partial charge in [0.05, 0.1) is 12.2 Å². The fourth-order valence-electron chi connectivity index (χ4n) is 2.20. The van der Waals surface area contributed by atoms with Crippen molar-refractivity contribution in [3.05, 3.63) is 34.1 Å². The van der Waals surface area contributed by atoms with Crippen LogP contribution >= 0.6 is 15.9 Å². The molecule has 0 aromatic heterocycles. The third-order valence-electron chi connectivity index (χ3n) is 2.92. The van der Waals surface area contributed by atoms with Crippen LogP contribution in [0.25, 0.3) is 0 Å². The van der Waals surface area contributed by atoms with E-state index in [0.29, 0.717) is 17.5 Å². The van der Waals surface area contributed by atoms with E-state index >= 15 is 0 Å². The molecular weight excluding hydrogens is 311 g/mol. The molecule has 1 aromatic carbocycles. The molecule has 0 aliphatic heterocycles. The van der Waals surface area contributed by atoms with Crippen LogP contribution in [0.2, 0.25) is 0 Å². The highest BCUT2D eigenvalue weighted by molar-refractivity contribution is 9.10. The molecule has 1 N–H and O–H groups in total. The van der Waals surface area contributed by atoms with E-state index in [2.05, 4.69) is 15.9 Å². The molecule has 0 saturated carbocycles. The molecule has 2 nitrogen and oxygen atoms in total. The van der Waals surface area contributed by atoms with Gasteiger partial charge in [-0.1, -0.05) is 36.7 Å². The number of aliphatic hydroxyl groups is 1. The molecule has 0 radical (unpaired) electrons. The smallest absolute Gasteiger partial charge is 0.124 e. The standard InChI is InChI=1S/C15H22BrFO2/c1-5-19-14(15(2,3)4)13(18)8-10-6-11(16)9-12(17)7-10/h6-7,9,13-14,18H,5,8H2,1-4H3. The van der Waals surface area contributed by atoms with Crippen molar-refractivity contribution in [2.24, 2.45) is 5.41 Å². The van der Waals surface area contributed by atoms with Crippen molar-refractivity contribution in [2.75, 3.05) is 6.61 Å². The van der Waals surface area contributed by atoms with Gasteiger partial charge in [0.15, 0.2) is 0 Å². The molecule has 0 aliphatic carbocycles. The zero-order valence-corrected chi connectivity index (χ0v) is 13.5. The molecule has 0 heterocycles. The average Bonchev–Trinajstić information content (AvgIpc) is 2.22. The van der Waals surface area contributed by atoms with E-state index < -0.39 is 6.10 Å². The summed E-state index contributed by atoms with van der Waals surface area (Å²) < 4.78 is 19.6. The Morgan fingerprint density at radius 2 is 1.95 bits per heavy atom. The minimum Gasteiger partial charge on any atom is -0.390 e. The lowest BCUT2D eigenvalue weighted by Crippen LogP contribution is -2.41. The maximum Gasteiger partial charge on any atom is 0.124 e. The van der Waals surface area contributed by atoms with Crippen molar-refractivity contribution < 1.29 is 14.2 Å². The molecule has 0 spiro atoms. The first-order chi connectivity index (χ1) is 8.74. The van der Waals surface area contributed by atoms with Crippen LogP contribution in [0.1, 0.15) is 33.3 Å². The highest BCUT2D eigenvalue weighted by Crippen LogP contribution is 2.27. The second kappa shape index (κ2) is 6.82. The Labute approximate surface area is 123 Å². The summed E-state index contributed by atoms with van der Waals surface area (Å²) in [7, 11) is 0. The van der Waals surface area contributed by atoms with Gasteiger partial charge in [-0.05, 0) is 36.1 Å². The molecule has 0 amide bonds. The Morgan fingerprint density at radius 1 is 1.32 bits per heavy atom. The molecule has 108 valence electrons. The fourth-order valence-corrected chi connectivity index (χ4v) is 2.71. The average molecular weight is 333 g/mol. The van der Waals surface area contributed by atoms with Crippen LogP contribution in [-0.4, -0.2) is 23.9 Å². The summed E-state index contributed by atoms with van der Waals surface area (Å²) in [6.07, 6.45) is -0.564. The van der Waals surface area contributed by atoms with E-state index in [9.17, 15) is 9.50 Å². The number of aliphatic hydroxyl groups excluding tert-OH is 1. The second-order valence-electron chi connectivity index (χ2n) is 5.79. The first kappa shape index (κ1) is 16.6. The number of benzene rings is 1. The number of hydrogen-bond acceptors (Lipinski definition) is 2. The summed E-state index contributed by atoms with van der Waals surface area (Å²) in [5, 5.41) is 10.3. The molecule has 19 heavy (non-hydrogen) atoms. The maximum absolute atomic E-state index is 13.3. The lowest BCUT2D eigenvalue weighted by atomic mass is 9.83. The van der Waals surface area contributed by atoms with Gasteiger partial charge >= 0.3 is 0 Å². The van der Waals surface area contributed by atoms with Crippen LogP contribution in [0.3, 0.4) is 0 Å². The number of rotatable bonds is 5. The van der Waals surface area contributed by atoms with E-state index in [1.807, 2.05) is 33.8 Å². The monoisotopic (exact) mass is 332 g/mol. The van der Waals surface area contributed by atoms with Crippen molar-refractivity contribution in [3.63, 3.8) is 0 Å². The molecule has 0 aliphatic rings. The predicted molar refractivity (Wildman–Crippen MR) is 78.7 cm³/mol. The summed E-state index contributed by atoms with van der Waals surface area (Å²) in [6.45, 7) is 8.53. The Hall–Kier alpha value is -0.450.